The normalized spacial score (nSPS) is 17.2. The number of pyridine rings is 1. The zero-order valence-electron chi connectivity index (χ0n) is 12.5. The number of fused-ring (bicyclic) bond motifs is 1. The number of aromatic amines is 1. The van der Waals surface area contributed by atoms with Gasteiger partial charge in [0.2, 0.25) is 0 Å². The molecule has 2 aromatic rings. The highest BCUT2D eigenvalue weighted by molar-refractivity contribution is 5.94. The van der Waals surface area contributed by atoms with Crippen LogP contribution in [0.3, 0.4) is 0 Å². The molecule has 1 unspecified atom stereocenters. The van der Waals surface area contributed by atoms with Gasteiger partial charge in [-0.1, -0.05) is 6.07 Å². The predicted molar refractivity (Wildman–Crippen MR) is 81.2 cm³/mol. The quantitative estimate of drug-likeness (QED) is 0.879. The summed E-state index contributed by atoms with van der Waals surface area (Å²) < 4.78 is 13.4. The Bertz CT molecular complexity index is 797. The number of hydrogen-bond donors (Lipinski definition) is 1. The van der Waals surface area contributed by atoms with Crippen molar-refractivity contribution in [3.8, 4) is 0 Å². The minimum atomic E-state index is -0.316. The summed E-state index contributed by atoms with van der Waals surface area (Å²) in [6.07, 6.45) is 2.11. The summed E-state index contributed by atoms with van der Waals surface area (Å²) >= 11 is 0. The number of amides is 1. The molecule has 0 radical (unpaired) electrons. The van der Waals surface area contributed by atoms with E-state index in [2.05, 4.69) is 4.98 Å². The average Bonchev–Trinajstić information content (AvgIpc) is 2.46. The maximum atomic E-state index is 13.4. The van der Waals surface area contributed by atoms with E-state index in [0.29, 0.717) is 18.7 Å². The van der Waals surface area contributed by atoms with E-state index in [9.17, 15) is 14.0 Å². The molecule has 2 heterocycles. The summed E-state index contributed by atoms with van der Waals surface area (Å²) in [4.78, 5) is 29.2. The Labute approximate surface area is 127 Å². The summed E-state index contributed by atoms with van der Waals surface area (Å²) in [6, 6.07) is 6.04. The largest absolute Gasteiger partial charge is 0.364 e. The summed E-state index contributed by atoms with van der Waals surface area (Å²) in [5.74, 6) is -0.627. The number of carbonyl (C=O) groups is 1. The van der Waals surface area contributed by atoms with E-state index in [0.717, 1.165) is 11.1 Å². The molecule has 4 nitrogen and oxygen atoms in total. The van der Waals surface area contributed by atoms with Crippen LogP contribution in [0.4, 0.5) is 4.39 Å². The average molecular weight is 300 g/mol. The van der Waals surface area contributed by atoms with Gasteiger partial charge in [-0.25, -0.2) is 4.39 Å². The minimum Gasteiger partial charge on any atom is -0.364 e. The minimum absolute atomic E-state index is 0.0360. The van der Waals surface area contributed by atoms with Gasteiger partial charge in [-0.3, -0.25) is 9.59 Å². The second-order valence-electron chi connectivity index (χ2n) is 5.79. The van der Waals surface area contributed by atoms with Crippen molar-refractivity contribution in [3.05, 3.63) is 68.9 Å². The van der Waals surface area contributed by atoms with E-state index < -0.39 is 0 Å². The smallest absolute Gasteiger partial charge is 0.259 e. The van der Waals surface area contributed by atoms with Crippen molar-refractivity contribution in [1.29, 1.82) is 0 Å². The van der Waals surface area contributed by atoms with Crippen molar-refractivity contribution in [2.75, 3.05) is 0 Å². The molecule has 0 spiro atoms. The topological polar surface area (TPSA) is 53.2 Å². The molecule has 1 aliphatic heterocycles. The number of hydrogen-bond acceptors (Lipinski definition) is 2. The number of rotatable bonds is 1. The Balaban J connectivity index is 1.94. The van der Waals surface area contributed by atoms with Crippen LogP contribution in [0.2, 0.25) is 0 Å². The third-order valence-electron chi connectivity index (χ3n) is 4.10. The summed E-state index contributed by atoms with van der Waals surface area (Å²) in [5, 5.41) is 0. The number of benzene rings is 1. The third-order valence-corrected chi connectivity index (χ3v) is 4.10. The second kappa shape index (κ2) is 5.40. The molecule has 1 atom stereocenters. The molecule has 0 bridgehead atoms. The van der Waals surface area contributed by atoms with Gasteiger partial charge in [0, 0.05) is 30.5 Å². The van der Waals surface area contributed by atoms with Crippen LogP contribution < -0.4 is 5.43 Å². The molecule has 1 N–H and O–H groups in total. The molecule has 0 fully saturated rings. The van der Waals surface area contributed by atoms with Gasteiger partial charge < -0.3 is 9.88 Å². The molecule has 5 heteroatoms. The number of aromatic nitrogens is 1. The molecular weight excluding hydrogens is 283 g/mol. The van der Waals surface area contributed by atoms with Crippen molar-refractivity contribution < 1.29 is 9.18 Å². The van der Waals surface area contributed by atoms with E-state index in [1.54, 1.807) is 17.9 Å². The van der Waals surface area contributed by atoms with Crippen molar-refractivity contribution in [3.63, 3.8) is 0 Å². The SMILES string of the molecule is Cc1cc(=O)c(C(=O)N2Cc3cc(F)ccc3CC2C)c[nH]1. The van der Waals surface area contributed by atoms with Crippen LogP contribution in [0.5, 0.6) is 0 Å². The van der Waals surface area contributed by atoms with Gasteiger partial charge in [0.1, 0.15) is 11.4 Å². The zero-order valence-corrected chi connectivity index (χ0v) is 12.5. The van der Waals surface area contributed by atoms with Crippen LogP contribution in [0.1, 0.15) is 34.1 Å². The van der Waals surface area contributed by atoms with Gasteiger partial charge in [0.05, 0.1) is 0 Å². The second-order valence-corrected chi connectivity index (χ2v) is 5.79. The number of nitrogens with one attached hydrogen (secondary N) is 1. The molecule has 1 aliphatic rings. The highest BCUT2D eigenvalue weighted by Gasteiger charge is 2.28. The molecule has 22 heavy (non-hydrogen) atoms. The number of aryl methyl sites for hydroxylation is 1. The molecule has 3 rings (SSSR count). The molecular formula is C17H17FN2O2. The number of halogens is 1. The Hall–Kier alpha value is -2.43. The highest BCUT2D eigenvalue weighted by Crippen LogP contribution is 2.25. The molecule has 0 saturated carbocycles. The summed E-state index contributed by atoms with van der Waals surface area (Å²) in [5.41, 5.74) is 2.39. The van der Waals surface area contributed by atoms with Gasteiger partial charge >= 0.3 is 0 Å². The van der Waals surface area contributed by atoms with Crippen LogP contribution in [0.15, 0.2) is 35.3 Å². The van der Waals surface area contributed by atoms with Gasteiger partial charge in [-0.15, -0.1) is 0 Å². The van der Waals surface area contributed by atoms with Crippen molar-refractivity contribution in [2.45, 2.75) is 32.9 Å². The number of carbonyl (C=O) groups excluding carboxylic acids is 1. The number of nitrogens with zero attached hydrogens (tertiary/aromatic N) is 1. The first-order valence-corrected chi connectivity index (χ1v) is 7.23. The molecule has 0 saturated heterocycles. The van der Waals surface area contributed by atoms with Crippen molar-refractivity contribution in [2.24, 2.45) is 0 Å². The predicted octanol–water partition coefficient (Wildman–Crippen LogP) is 2.41. The van der Waals surface area contributed by atoms with Gasteiger partial charge in [0.25, 0.3) is 5.91 Å². The maximum absolute atomic E-state index is 13.4. The Kier molecular flexibility index (Phi) is 3.56. The van der Waals surface area contributed by atoms with E-state index in [1.165, 1.54) is 24.4 Å². The van der Waals surface area contributed by atoms with Crippen molar-refractivity contribution in [1.82, 2.24) is 9.88 Å². The lowest BCUT2D eigenvalue weighted by Crippen LogP contribution is -2.44. The first-order chi connectivity index (χ1) is 10.5. The molecule has 1 aromatic heterocycles. The Morgan fingerprint density at radius 3 is 2.82 bits per heavy atom. The maximum Gasteiger partial charge on any atom is 0.259 e. The first-order valence-electron chi connectivity index (χ1n) is 7.23. The van der Waals surface area contributed by atoms with E-state index >= 15 is 0 Å². The van der Waals surface area contributed by atoms with E-state index in [-0.39, 0.29) is 28.8 Å². The monoisotopic (exact) mass is 300 g/mol. The van der Waals surface area contributed by atoms with Crippen LogP contribution in [-0.4, -0.2) is 21.8 Å². The van der Waals surface area contributed by atoms with Crippen LogP contribution in [0.25, 0.3) is 0 Å². The lowest BCUT2D eigenvalue weighted by molar-refractivity contribution is 0.0656. The highest BCUT2D eigenvalue weighted by atomic mass is 19.1. The standard InChI is InChI=1S/C17H17FN2O2/c1-10-5-16(21)15(8-19-10)17(22)20-9-13-7-14(18)4-3-12(13)6-11(20)2/h3-5,7-8,11H,6,9H2,1-2H3,(H,19,21). The van der Waals surface area contributed by atoms with Gasteiger partial charge in [0.15, 0.2) is 5.43 Å². The summed E-state index contributed by atoms with van der Waals surface area (Å²) in [6.45, 7) is 4.02. The first kappa shape index (κ1) is 14.5. The van der Waals surface area contributed by atoms with Crippen LogP contribution >= 0.6 is 0 Å². The molecule has 1 aromatic carbocycles. The van der Waals surface area contributed by atoms with Crippen LogP contribution in [0, 0.1) is 12.7 Å². The van der Waals surface area contributed by atoms with Crippen LogP contribution in [-0.2, 0) is 13.0 Å². The lowest BCUT2D eigenvalue weighted by Gasteiger charge is -2.34. The lowest BCUT2D eigenvalue weighted by atomic mass is 9.94. The Morgan fingerprint density at radius 1 is 1.32 bits per heavy atom. The third kappa shape index (κ3) is 2.54. The zero-order chi connectivity index (χ0) is 15.9. The van der Waals surface area contributed by atoms with Gasteiger partial charge in [-0.05, 0) is 43.5 Å². The fourth-order valence-corrected chi connectivity index (χ4v) is 2.88. The van der Waals surface area contributed by atoms with Gasteiger partial charge in [-0.2, -0.15) is 0 Å². The molecule has 114 valence electrons. The molecule has 1 amide bonds. The molecule has 0 aliphatic carbocycles. The fraction of sp³-hybridized carbons (Fsp3) is 0.294. The number of H-pyrrole nitrogens is 1. The van der Waals surface area contributed by atoms with E-state index in [4.69, 9.17) is 0 Å². The summed E-state index contributed by atoms with van der Waals surface area (Å²) in [7, 11) is 0. The Morgan fingerprint density at radius 2 is 2.09 bits per heavy atom. The van der Waals surface area contributed by atoms with E-state index in [1.807, 2.05) is 6.92 Å². The fourth-order valence-electron chi connectivity index (χ4n) is 2.88. The van der Waals surface area contributed by atoms with Crippen molar-refractivity contribution >= 4 is 5.91 Å².